The number of nitrogens with zero attached hydrogens (tertiary/aromatic N) is 3. The summed E-state index contributed by atoms with van der Waals surface area (Å²) >= 11 is 12.9. The van der Waals surface area contributed by atoms with Gasteiger partial charge in [0.1, 0.15) is 32.8 Å². The highest BCUT2D eigenvalue weighted by Crippen LogP contribution is 2.38. The molecular weight excluding hydrogens is 531 g/mol. The van der Waals surface area contributed by atoms with Crippen LogP contribution in [0.4, 0.5) is 0 Å². The second-order valence-electron chi connectivity index (χ2n) is 7.59. The van der Waals surface area contributed by atoms with E-state index in [1.54, 1.807) is 30.6 Å². The Labute approximate surface area is 221 Å². The molecule has 0 fully saturated rings. The average molecular weight is 550 g/mol. The number of nitrogens with one attached hydrogen (secondary N) is 1. The van der Waals surface area contributed by atoms with Crippen molar-refractivity contribution in [3.05, 3.63) is 92.9 Å². The molecule has 1 N–H and O–H groups in total. The maximum atomic E-state index is 12.5. The molecule has 1 aliphatic rings. The Morgan fingerprint density at radius 3 is 2.77 bits per heavy atom. The molecule has 0 saturated heterocycles. The molecule has 1 unspecified atom stereocenters. The van der Waals surface area contributed by atoms with Crippen LogP contribution in [0.3, 0.4) is 0 Å². The topological polar surface area (TPSA) is 86.2 Å². The van der Waals surface area contributed by atoms with E-state index in [1.165, 1.54) is 17.5 Å². The molecule has 3 aromatic heterocycles. The van der Waals surface area contributed by atoms with Crippen LogP contribution in [-0.2, 0) is 13.0 Å². The summed E-state index contributed by atoms with van der Waals surface area (Å²) in [6.07, 6.45) is 6.45. The molecule has 11 heteroatoms. The van der Waals surface area contributed by atoms with Crippen LogP contribution in [0.2, 0.25) is 10.3 Å². The molecular formula is C24H19Cl3N4O3S. The normalized spacial score (nSPS) is 14.3. The lowest BCUT2D eigenvalue weighted by molar-refractivity contribution is 0.0954. The molecule has 35 heavy (non-hydrogen) atoms. The fraction of sp³-hybridized carbons (Fsp3) is 0.167. The minimum Gasteiger partial charge on any atom is -0.485 e. The second-order valence-corrected chi connectivity index (χ2v) is 9.36. The summed E-state index contributed by atoms with van der Waals surface area (Å²) in [5.41, 5.74) is 2.91. The average Bonchev–Trinajstić information content (AvgIpc) is 3.31. The van der Waals surface area contributed by atoms with Crippen molar-refractivity contribution in [1.29, 1.82) is 0 Å². The Balaban J connectivity index is 0.00000289. The number of ether oxygens (including phenoxy) is 2. The molecule has 5 rings (SSSR count). The predicted molar refractivity (Wildman–Crippen MR) is 137 cm³/mol. The number of hydrogen-bond acceptors (Lipinski definition) is 7. The van der Waals surface area contributed by atoms with E-state index >= 15 is 0 Å². The van der Waals surface area contributed by atoms with Gasteiger partial charge in [-0.15, -0.1) is 12.4 Å². The van der Waals surface area contributed by atoms with E-state index in [4.69, 9.17) is 32.7 Å². The van der Waals surface area contributed by atoms with Crippen molar-refractivity contribution in [3.8, 4) is 16.7 Å². The Morgan fingerprint density at radius 2 is 1.97 bits per heavy atom. The van der Waals surface area contributed by atoms with Gasteiger partial charge in [0, 0.05) is 24.5 Å². The van der Waals surface area contributed by atoms with Gasteiger partial charge in [0.05, 0.1) is 6.20 Å². The smallest absolute Gasteiger partial charge is 0.279 e. The number of aromatic nitrogens is 3. The fourth-order valence-corrected chi connectivity index (χ4v) is 4.58. The summed E-state index contributed by atoms with van der Waals surface area (Å²) in [6, 6.07) is 12.9. The first kappa shape index (κ1) is 25.2. The summed E-state index contributed by atoms with van der Waals surface area (Å²) in [6.45, 7) is 0.340. The first-order valence-electron chi connectivity index (χ1n) is 10.5. The molecule has 0 bridgehead atoms. The summed E-state index contributed by atoms with van der Waals surface area (Å²) in [7, 11) is 0. The van der Waals surface area contributed by atoms with E-state index in [-0.39, 0.29) is 24.4 Å². The number of rotatable bonds is 6. The number of thiazole rings is 1. The summed E-state index contributed by atoms with van der Waals surface area (Å²) in [5, 5.41) is 4.07. The lowest BCUT2D eigenvalue weighted by Crippen LogP contribution is -2.21. The minimum absolute atomic E-state index is 0. The zero-order valence-electron chi connectivity index (χ0n) is 18.1. The molecule has 0 aliphatic carbocycles. The lowest BCUT2D eigenvalue weighted by atomic mass is 9.98. The molecule has 0 saturated carbocycles. The molecule has 0 spiro atoms. The largest absolute Gasteiger partial charge is 0.485 e. The summed E-state index contributed by atoms with van der Waals surface area (Å²) in [4.78, 5) is 25.2. The van der Waals surface area contributed by atoms with Crippen LogP contribution in [0.5, 0.6) is 16.7 Å². The van der Waals surface area contributed by atoms with Gasteiger partial charge in [-0.2, -0.15) is 0 Å². The van der Waals surface area contributed by atoms with Crippen molar-refractivity contribution in [2.45, 2.75) is 25.5 Å². The highest BCUT2D eigenvalue weighted by Gasteiger charge is 2.22. The van der Waals surface area contributed by atoms with Gasteiger partial charge in [0.15, 0.2) is 0 Å². The van der Waals surface area contributed by atoms with Gasteiger partial charge in [0.25, 0.3) is 11.1 Å². The van der Waals surface area contributed by atoms with E-state index < -0.39 is 0 Å². The number of carbonyl (C=O) groups excluding carboxylic acids is 1. The highest BCUT2D eigenvalue weighted by atomic mass is 35.5. The third-order valence-corrected chi connectivity index (χ3v) is 6.56. The minimum atomic E-state index is -0.234. The van der Waals surface area contributed by atoms with Crippen molar-refractivity contribution in [1.82, 2.24) is 20.3 Å². The van der Waals surface area contributed by atoms with Crippen LogP contribution in [0, 0.1) is 0 Å². The number of amides is 1. The Hall–Kier alpha value is -2.91. The van der Waals surface area contributed by atoms with E-state index in [0.29, 0.717) is 32.7 Å². The second kappa shape index (κ2) is 11.2. The quantitative estimate of drug-likeness (QED) is 0.278. The Kier molecular flexibility index (Phi) is 8.07. The van der Waals surface area contributed by atoms with Crippen molar-refractivity contribution in [2.24, 2.45) is 0 Å². The van der Waals surface area contributed by atoms with Crippen LogP contribution in [0.1, 0.15) is 38.9 Å². The van der Waals surface area contributed by atoms with Crippen molar-refractivity contribution < 1.29 is 14.3 Å². The van der Waals surface area contributed by atoms with E-state index in [0.717, 1.165) is 35.3 Å². The monoisotopic (exact) mass is 548 g/mol. The van der Waals surface area contributed by atoms with Gasteiger partial charge in [-0.05, 0) is 60.4 Å². The van der Waals surface area contributed by atoms with E-state index in [1.807, 2.05) is 24.3 Å². The standard InChI is InChI=1S/C24H18Cl2N4O3S.ClH/c25-21-6-2-16(12-28-21)19-4-1-15-10-17(3-5-18(15)33-19)32-24-30-13-20(34-24)23(31)29-11-14-7-8-27-22(26)9-14;/h2-3,5-10,12-13,19H,1,4,11H2,(H,29,31);1H. The van der Waals surface area contributed by atoms with Gasteiger partial charge < -0.3 is 14.8 Å². The lowest BCUT2D eigenvalue weighted by Gasteiger charge is -2.26. The molecule has 0 radical (unpaired) electrons. The van der Waals surface area contributed by atoms with Crippen LogP contribution >= 0.6 is 46.9 Å². The van der Waals surface area contributed by atoms with Crippen LogP contribution in [0.15, 0.2) is 61.1 Å². The third-order valence-electron chi connectivity index (χ3n) is 5.26. The predicted octanol–water partition coefficient (Wildman–Crippen LogP) is 6.45. The summed E-state index contributed by atoms with van der Waals surface area (Å²) < 4.78 is 12.1. The van der Waals surface area contributed by atoms with E-state index in [9.17, 15) is 4.79 Å². The van der Waals surface area contributed by atoms with Crippen molar-refractivity contribution >= 4 is 52.9 Å². The molecule has 1 atom stereocenters. The fourth-order valence-electron chi connectivity index (χ4n) is 3.57. The third kappa shape index (κ3) is 6.21. The first-order chi connectivity index (χ1) is 16.5. The zero-order chi connectivity index (χ0) is 23.5. The summed E-state index contributed by atoms with van der Waals surface area (Å²) in [5.74, 6) is 1.22. The van der Waals surface area contributed by atoms with Gasteiger partial charge >= 0.3 is 0 Å². The molecule has 4 aromatic rings. The van der Waals surface area contributed by atoms with Crippen LogP contribution in [0.25, 0.3) is 0 Å². The first-order valence-corrected chi connectivity index (χ1v) is 12.0. The van der Waals surface area contributed by atoms with Gasteiger partial charge in [0.2, 0.25) is 0 Å². The molecule has 4 heterocycles. The molecule has 1 amide bonds. The SMILES string of the molecule is Cl.O=C(NCc1ccnc(Cl)c1)c1cnc(Oc2ccc3c(c2)CCC(c2ccc(Cl)nc2)O3)s1. The van der Waals surface area contributed by atoms with Crippen molar-refractivity contribution in [2.75, 3.05) is 0 Å². The number of halogens is 3. The zero-order valence-corrected chi connectivity index (χ0v) is 21.3. The van der Waals surface area contributed by atoms with Crippen LogP contribution in [-0.4, -0.2) is 20.9 Å². The molecule has 180 valence electrons. The number of pyridine rings is 2. The van der Waals surface area contributed by atoms with Crippen LogP contribution < -0.4 is 14.8 Å². The Bertz CT molecular complexity index is 1330. The van der Waals surface area contributed by atoms with Gasteiger partial charge in [-0.25, -0.2) is 15.0 Å². The number of aryl methyl sites for hydroxylation is 1. The maximum absolute atomic E-state index is 12.5. The van der Waals surface area contributed by atoms with Crippen molar-refractivity contribution in [3.63, 3.8) is 0 Å². The molecule has 1 aromatic carbocycles. The maximum Gasteiger partial charge on any atom is 0.279 e. The number of benzene rings is 1. The van der Waals surface area contributed by atoms with Gasteiger partial charge in [-0.3, -0.25) is 4.79 Å². The van der Waals surface area contributed by atoms with Gasteiger partial charge in [-0.1, -0.05) is 40.6 Å². The number of hydrogen-bond donors (Lipinski definition) is 1. The number of fused-ring (bicyclic) bond motifs is 1. The highest BCUT2D eigenvalue weighted by molar-refractivity contribution is 7.15. The van der Waals surface area contributed by atoms with E-state index in [2.05, 4.69) is 20.3 Å². The molecule has 7 nitrogen and oxygen atoms in total. The molecule has 1 aliphatic heterocycles. The number of carbonyl (C=O) groups is 1. The Morgan fingerprint density at radius 1 is 1.09 bits per heavy atom.